The van der Waals surface area contributed by atoms with E-state index in [4.69, 9.17) is 10.6 Å². The lowest BCUT2D eigenvalue weighted by atomic mass is 10.2. The summed E-state index contributed by atoms with van der Waals surface area (Å²) in [7, 11) is 1.60. The number of thioether (sulfide) groups is 2. The lowest BCUT2D eigenvalue weighted by Crippen LogP contribution is -2.12. The van der Waals surface area contributed by atoms with E-state index in [9.17, 15) is 4.39 Å². The first-order valence-electron chi connectivity index (χ1n) is 7.54. The highest BCUT2D eigenvalue weighted by atomic mass is 32.2. The topological polar surface area (TPSA) is 66.0 Å². The predicted molar refractivity (Wildman–Crippen MR) is 100 cm³/mol. The van der Waals surface area contributed by atoms with Gasteiger partial charge >= 0.3 is 0 Å². The number of rotatable bonds is 7. The van der Waals surface area contributed by atoms with E-state index in [-0.39, 0.29) is 5.82 Å². The van der Waals surface area contributed by atoms with Crippen LogP contribution in [0.4, 0.5) is 4.39 Å². The van der Waals surface area contributed by atoms with Gasteiger partial charge in [-0.05, 0) is 24.3 Å². The number of nitrogens with zero attached hydrogens (tertiary/aromatic N) is 3. The van der Waals surface area contributed by atoms with Crippen LogP contribution in [-0.4, -0.2) is 33.5 Å². The Morgan fingerprint density at radius 1 is 1.04 bits per heavy atom. The molecule has 0 fully saturated rings. The van der Waals surface area contributed by atoms with Crippen LogP contribution in [0.3, 0.4) is 0 Å². The summed E-state index contributed by atoms with van der Waals surface area (Å²) in [4.78, 5) is 0.645. The molecule has 130 valence electrons. The molecule has 1 aromatic heterocycles. The Bertz CT molecular complexity index is 856. The SMILES string of the molecule is COc1ccccc1-c1nnc(SCCSc2ccccc2F)n1N. The molecule has 0 unspecified atom stereocenters. The minimum absolute atomic E-state index is 0.196. The number of methoxy groups -OCH3 is 1. The Balaban J connectivity index is 1.63. The van der Waals surface area contributed by atoms with Crippen LogP contribution < -0.4 is 10.6 Å². The van der Waals surface area contributed by atoms with E-state index >= 15 is 0 Å². The molecule has 0 aliphatic heterocycles. The van der Waals surface area contributed by atoms with Crippen molar-refractivity contribution in [3.8, 4) is 17.1 Å². The number of nitrogens with two attached hydrogens (primary N) is 1. The quantitative estimate of drug-likeness (QED) is 0.385. The average Bonchev–Trinajstić information content (AvgIpc) is 3.00. The van der Waals surface area contributed by atoms with E-state index in [1.54, 1.807) is 19.2 Å². The zero-order chi connectivity index (χ0) is 17.6. The molecule has 0 saturated carbocycles. The highest BCUT2D eigenvalue weighted by Crippen LogP contribution is 2.30. The van der Waals surface area contributed by atoms with E-state index in [1.165, 1.54) is 34.3 Å². The van der Waals surface area contributed by atoms with Crippen molar-refractivity contribution in [1.29, 1.82) is 0 Å². The number of ether oxygens (including phenoxy) is 1. The molecule has 5 nitrogen and oxygen atoms in total. The van der Waals surface area contributed by atoms with Crippen LogP contribution in [-0.2, 0) is 0 Å². The van der Waals surface area contributed by atoms with Gasteiger partial charge in [0.2, 0.25) is 5.16 Å². The summed E-state index contributed by atoms with van der Waals surface area (Å²) >= 11 is 2.95. The summed E-state index contributed by atoms with van der Waals surface area (Å²) < 4.78 is 20.4. The second-order valence-electron chi connectivity index (χ2n) is 5.00. The van der Waals surface area contributed by atoms with Crippen molar-refractivity contribution in [2.24, 2.45) is 0 Å². The van der Waals surface area contributed by atoms with Crippen molar-refractivity contribution in [1.82, 2.24) is 14.9 Å². The first-order valence-corrected chi connectivity index (χ1v) is 9.52. The molecule has 2 aromatic carbocycles. The number of para-hydroxylation sites is 1. The fourth-order valence-electron chi connectivity index (χ4n) is 2.23. The molecule has 0 bridgehead atoms. The molecule has 0 saturated heterocycles. The second-order valence-corrected chi connectivity index (χ2v) is 7.20. The van der Waals surface area contributed by atoms with E-state index in [0.29, 0.717) is 21.6 Å². The van der Waals surface area contributed by atoms with Crippen LogP contribution in [0.25, 0.3) is 11.4 Å². The minimum Gasteiger partial charge on any atom is -0.496 e. The van der Waals surface area contributed by atoms with Gasteiger partial charge in [-0.15, -0.1) is 22.0 Å². The third kappa shape index (κ3) is 4.08. The molecule has 3 aromatic rings. The maximum atomic E-state index is 13.6. The zero-order valence-electron chi connectivity index (χ0n) is 13.6. The molecular weight excluding hydrogens is 359 g/mol. The summed E-state index contributed by atoms with van der Waals surface area (Å²) in [6.45, 7) is 0. The van der Waals surface area contributed by atoms with Gasteiger partial charge in [0.05, 0.1) is 12.7 Å². The molecule has 0 aliphatic rings. The summed E-state index contributed by atoms with van der Waals surface area (Å²) in [6.07, 6.45) is 0. The lowest BCUT2D eigenvalue weighted by molar-refractivity contribution is 0.416. The first-order chi connectivity index (χ1) is 12.2. The Hall–Kier alpha value is -2.19. The van der Waals surface area contributed by atoms with Gasteiger partial charge in [-0.3, -0.25) is 0 Å². The number of nitrogen functional groups attached to an aromatic ring is 1. The highest BCUT2D eigenvalue weighted by Gasteiger charge is 2.15. The Labute approximate surface area is 153 Å². The fraction of sp³-hybridized carbons (Fsp3) is 0.176. The normalized spacial score (nSPS) is 10.8. The molecule has 25 heavy (non-hydrogen) atoms. The third-order valence-electron chi connectivity index (χ3n) is 3.42. The van der Waals surface area contributed by atoms with Gasteiger partial charge in [0.15, 0.2) is 5.82 Å². The van der Waals surface area contributed by atoms with Gasteiger partial charge in [0.1, 0.15) is 11.6 Å². The monoisotopic (exact) mass is 376 g/mol. The van der Waals surface area contributed by atoms with Gasteiger partial charge in [-0.2, -0.15) is 0 Å². The number of halogens is 1. The minimum atomic E-state index is -0.196. The van der Waals surface area contributed by atoms with Crippen LogP contribution in [0.5, 0.6) is 5.75 Å². The molecule has 3 rings (SSSR count). The number of hydrogen-bond acceptors (Lipinski definition) is 6. The number of benzene rings is 2. The molecule has 0 radical (unpaired) electrons. The van der Waals surface area contributed by atoms with Crippen molar-refractivity contribution < 1.29 is 9.13 Å². The highest BCUT2D eigenvalue weighted by molar-refractivity contribution is 8.02. The van der Waals surface area contributed by atoms with Gasteiger partial charge in [-0.1, -0.05) is 36.0 Å². The molecule has 1 heterocycles. The third-order valence-corrected chi connectivity index (χ3v) is 5.67. The maximum Gasteiger partial charge on any atom is 0.210 e. The molecule has 0 aliphatic carbocycles. The molecular formula is C17H17FN4OS2. The fourth-order valence-corrected chi connectivity index (χ4v) is 4.01. The summed E-state index contributed by atoms with van der Waals surface area (Å²) in [5, 5.41) is 8.91. The van der Waals surface area contributed by atoms with Crippen molar-refractivity contribution in [3.05, 3.63) is 54.3 Å². The molecule has 0 spiro atoms. The molecule has 0 amide bonds. The predicted octanol–water partition coefficient (Wildman–Crippen LogP) is 3.69. The van der Waals surface area contributed by atoms with E-state index in [0.717, 1.165) is 17.1 Å². The lowest BCUT2D eigenvalue weighted by Gasteiger charge is -2.08. The maximum absolute atomic E-state index is 13.6. The van der Waals surface area contributed by atoms with Crippen LogP contribution >= 0.6 is 23.5 Å². The molecule has 0 atom stereocenters. The number of hydrogen-bond donors (Lipinski definition) is 1. The van der Waals surface area contributed by atoms with Crippen LogP contribution in [0.2, 0.25) is 0 Å². The Kier molecular flexibility index (Phi) is 5.83. The Morgan fingerprint density at radius 3 is 2.56 bits per heavy atom. The summed E-state index contributed by atoms with van der Waals surface area (Å²) in [6, 6.07) is 14.3. The summed E-state index contributed by atoms with van der Waals surface area (Å²) in [5.74, 6) is 8.63. The van der Waals surface area contributed by atoms with Crippen LogP contribution in [0, 0.1) is 5.82 Å². The smallest absolute Gasteiger partial charge is 0.210 e. The van der Waals surface area contributed by atoms with Crippen molar-refractivity contribution in [2.45, 2.75) is 10.1 Å². The zero-order valence-corrected chi connectivity index (χ0v) is 15.2. The van der Waals surface area contributed by atoms with Gasteiger partial charge in [0, 0.05) is 16.4 Å². The van der Waals surface area contributed by atoms with E-state index in [2.05, 4.69) is 10.2 Å². The largest absolute Gasteiger partial charge is 0.496 e. The molecule has 2 N–H and O–H groups in total. The van der Waals surface area contributed by atoms with Crippen molar-refractivity contribution in [2.75, 3.05) is 24.5 Å². The van der Waals surface area contributed by atoms with Crippen LogP contribution in [0.1, 0.15) is 0 Å². The van der Waals surface area contributed by atoms with Gasteiger partial charge in [-0.25, -0.2) is 9.07 Å². The van der Waals surface area contributed by atoms with E-state index in [1.807, 2.05) is 30.3 Å². The van der Waals surface area contributed by atoms with Crippen LogP contribution in [0.15, 0.2) is 58.6 Å². The number of aromatic nitrogens is 3. The summed E-state index contributed by atoms with van der Waals surface area (Å²) in [5.41, 5.74) is 0.785. The van der Waals surface area contributed by atoms with Gasteiger partial charge < -0.3 is 10.6 Å². The van der Waals surface area contributed by atoms with E-state index < -0.39 is 0 Å². The van der Waals surface area contributed by atoms with Gasteiger partial charge in [0.25, 0.3) is 0 Å². The standard InChI is InChI=1S/C17H17FN4OS2/c1-23-14-8-4-2-6-12(14)16-20-21-17(22(16)19)25-11-10-24-15-9-5-3-7-13(15)18/h2-9H,10-11,19H2,1H3. The first kappa shape index (κ1) is 17.6. The Morgan fingerprint density at radius 2 is 1.76 bits per heavy atom. The average molecular weight is 376 g/mol. The molecule has 8 heteroatoms. The second kappa shape index (κ2) is 8.26. The van der Waals surface area contributed by atoms with Crippen molar-refractivity contribution in [3.63, 3.8) is 0 Å². The van der Waals surface area contributed by atoms with Crippen molar-refractivity contribution >= 4 is 23.5 Å².